The topological polar surface area (TPSA) is 91.0 Å². The van der Waals surface area contributed by atoms with Crippen LogP contribution in [-0.4, -0.2) is 22.4 Å². The van der Waals surface area contributed by atoms with Crippen molar-refractivity contribution in [3.05, 3.63) is 64.8 Å². The van der Waals surface area contributed by atoms with Crippen LogP contribution in [0.4, 0.5) is 42.0 Å². The van der Waals surface area contributed by atoms with Gasteiger partial charge in [-0.05, 0) is 43.2 Å². The summed E-state index contributed by atoms with van der Waals surface area (Å²) in [6.45, 7) is 4.73. The number of carbonyl (C=O) groups excluding carboxylic acids is 1. The van der Waals surface area contributed by atoms with Gasteiger partial charge in [-0.2, -0.15) is 18.2 Å². The molecule has 33 heavy (non-hydrogen) atoms. The predicted molar refractivity (Wildman–Crippen MR) is 122 cm³/mol. The third-order valence-corrected chi connectivity index (χ3v) is 5.21. The fraction of sp³-hybridized carbons (Fsp3) is 0.261. The van der Waals surface area contributed by atoms with E-state index in [2.05, 4.69) is 31.2 Å². The van der Waals surface area contributed by atoms with Gasteiger partial charge in [-0.1, -0.05) is 18.2 Å². The monoisotopic (exact) mass is 456 g/mol. The Hall–Kier alpha value is -3.82. The summed E-state index contributed by atoms with van der Waals surface area (Å²) >= 11 is 0. The van der Waals surface area contributed by atoms with Crippen molar-refractivity contribution >= 4 is 34.7 Å². The molecule has 0 unspecified atom stereocenters. The maximum Gasteiger partial charge on any atom is 0.421 e. The van der Waals surface area contributed by atoms with Crippen LogP contribution in [0.5, 0.6) is 0 Å². The highest BCUT2D eigenvalue weighted by Crippen LogP contribution is 2.36. The van der Waals surface area contributed by atoms with E-state index in [1.165, 1.54) is 0 Å². The van der Waals surface area contributed by atoms with E-state index in [-0.39, 0.29) is 30.6 Å². The van der Waals surface area contributed by atoms with E-state index >= 15 is 0 Å². The summed E-state index contributed by atoms with van der Waals surface area (Å²) in [5.74, 6) is -0.483. The van der Waals surface area contributed by atoms with Gasteiger partial charge in [0.1, 0.15) is 11.4 Å². The van der Waals surface area contributed by atoms with Crippen LogP contribution in [0.25, 0.3) is 0 Å². The number of benzene rings is 2. The Morgan fingerprint density at radius 1 is 1.12 bits per heavy atom. The van der Waals surface area contributed by atoms with E-state index in [4.69, 9.17) is 0 Å². The molecule has 3 aromatic rings. The minimum atomic E-state index is -4.62. The first-order valence-corrected chi connectivity index (χ1v) is 10.4. The summed E-state index contributed by atoms with van der Waals surface area (Å²) in [6, 6.07) is 10.9. The van der Waals surface area contributed by atoms with Crippen LogP contribution in [0.15, 0.2) is 42.6 Å². The molecule has 4 N–H and O–H groups in total. The zero-order valence-corrected chi connectivity index (χ0v) is 18.1. The number of carbonyl (C=O) groups is 1. The number of aromatic nitrogens is 2. The number of anilines is 5. The molecule has 172 valence electrons. The molecule has 1 aliphatic rings. The summed E-state index contributed by atoms with van der Waals surface area (Å²) in [7, 11) is 0. The lowest BCUT2D eigenvalue weighted by Crippen LogP contribution is -2.15. The molecule has 1 aromatic heterocycles. The highest BCUT2D eigenvalue weighted by atomic mass is 19.4. The molecular formula is C23H23F3N6O. The zero-order chi connectivity index (χ0) is 23.6. The number of hydrogen-bond acceptors (Lipinski definition) is 6. The number of alkyl halides is 3. The molecular weight excluding hydrogens is 433 g/mol. The van der Waals surface area contributed by atoms with Gasteiger partial charge >= 0.3 is 6.18 Å². The van der Waals surface area contributed by atoms with E-state index in [0.29, 0.717) is 17.9 Å². The summed E-state index contributed by atoms with van der Waals surface area (Å²) < 4.78 is 40.8. The van der Waals surface area contributed by atoms with Gasteiger partial charge in [0.2, 0.25) is 11.9 Å². The van der Waals surface area contributed by atoms with E-state index in [1.54, 1.807) is 18.2 Å². The van der Waals surface area contributed by atoms with Crippen molar-refractivity contribution in [3.63, 3.8) is 0 Å². The SMILES string of the molecule is CCNc1cc(C)ccc1CNc1nc(Nc2cccc3c2CC(=O)N3)ncc1C(F)(F)F. The zero-order valence-electron chi connectivity index (χ0n) is 18.1. The van der Waals surface area contributed by atoms with Crippen LogP contribution in [-0.2, 0) is 23.9 Å². The van der Waals surface area contributed by atoms with Crippen molar-refractivity contribution in [3.8, 4) is 0 Å². The molecule has 0 atom stereocenters. The molecule has 0 saturated heterocycles. The van der Waals surface area contributed by atoms with E-state index in [0.717, 1.165) is 28.6 Å². The van der Waals surface area contributed by atoms with Crippen LogP contribution in [0.3, 0.4) is 0 Å². The number of nitrogens with one attached hydrogen (secondary N) is 4. The van der Waals surface area contributed by atoms with Crippen molar-refractivity contribution in [2.75, 3.05) is 27.8 Å². The number of hydrogen-bond donors (Lipinski definition) is 4. The van der Waals surface area contributed by atoms with Gasteiger partial charge in [0, 0.05) is 41.9 Å². The van der Waals surface area contributed by atoms with E-state index < -0.39 is 11.7 Å². The molecule has 0 bridgehead atoms. The van der Waals surface area contributed by atoms with Gasteiger partial charge in [-0.25, -0.2) is 4.98 Å². The molecule has 0 radical (unpaired) electrons. The molecule has 0 fully saturated rings. The number of halogens is 3. The fourth-order valence-corrected chi connectivity index (χ4v) is 3.65. The van der Waals surface area contributed by atoms with Crippen LogP contribution in [0.2, 0.25) is 0 Å². The number of amides is 1. The number of aryl methyl sites for hydroxylation is 1. The van der Waals surface area contributed by atoms with Gasteiger partial charge in [-0.15, -0.1) is 0 Å². The summed E-state index contributed by atoms with van der Waals surface area (Å²) in [5.41, 5.74) is 3.69. The number of fused-ring (bicyclic) bond motifs is 1. The van der Waals surface area contributed by atoms with Gasteiger partial charge in [0.25, 0.3) is 0 Å². The number of rotatable bonds is 7. The molecule has 10 heteroatoms. The van der Waals surface area contributed by atoms with Crippen LogP contribution in [0, 0.1) is 6.92 Å². The predicted octanol–water partition coefficient (Wildman–Crippen LogP) is 5.09. The second kappa shape index (κ2) is 8.97. The first-order valence-electron chi connectivity index (χ1n) is 10.4. The summed E-state index contributed by atoms with van der Waals surface area (Å²) in [5, 5.41) is 11.7. The average Bonchev–Trinajstić information content (AvgIpc) is 3.14. The molecule has 0 aliphatic carbocycles. The molecule has 0 saturated carbocycles. The second-order valence-corrected chi connectivity index (χ2v) is 7.68. The third kappa shape index (κ3) is 5.00. The van der Waals surface area contributed by atoms with Crippen LogP contribution < -0.4 is 21.3 Å². The Balaban J connectivity index is 1.62. The number of nitrogens with zero attached hydrogens (tertiary/aromatic N) is 2. The Morgan fingerprint density at radius 3 is 2.70 bits per heavy atom. The van der Waals surface area contributed by atoms with Crippen molar-refractivity contribution in [2.45, 2.75) is 33.0 Å². The summed E-state index contributed by atoms with van der Waals surface area (Å²) in [6.07, 6.45) is -3.70. The molecule has 2 heterocycles. The normalized spacial score (nSPS) is 12.8. The standard InChI is InChI=1S/C23H23F3N6O/c1-3-27-19-9-13(2)7-8-14(19)11-28-21-16(23(24,25)26)12-29-22(32-21)31-18-6-4-5-17-15(18)10-20(33)30-17/h4-9,12,27H,3,10-11H2,1-2H3,(H,30,33)(H2,28,29,31,32). The van der Waals surface area contributed by atoms with Crippen molar-refractivity contribution < 1.29 is 18.0 Å². The minimum absolute atomic E-state index is 0.00550. The lowest BCUT2D eigenvalue weighted by Gasteiger charge is -2.17. The van der Waals surface area contributed by atoms with Crippen molar-refractivity contribution in [2.24, 2.45) is 0 Å². The largest absolute Gasteiger partial charge is 0.421 e. The average molecular weight is 456 g/mol. The van der Waals surface area contributed by atoms with Gasteiger partial charge in [0.05, 0.1) is 6.42 Å². The van der Waals surface area contributed by atoms with Crippen LogP contribution in [0.1, 0.15) is 29.2 Å². The van der Waals surface area contributed by atoms with Crippen molar-refractivity contribution in [1.82, 2.24) is 9.97 Å². The maximum absolute atomic E-state index is 13.6. The quantitative estimate of drug-likeness (QED) is 0.396. The molecule has 2 aromatic carbocycles. The molecule has 0 spiro atoms. The first-order chi connectivity index (χ1) is 15.7. The maximum atomic E-state index is 13.6. The first kappa shape index (κ1) is 22.4. The van der Waals surface area contributed by atoms with Crippen molar-refractivity contribution in [1.29, 1.82) is 0 Å². The molecule has 1 amide bonds. The smallest absolute Gasteiger partial charge is 0.385 e. The molecule has 4 rings (SSSR count). The van der Waals surface area contributed by atoms with E-state index in [1.807, 2.05) is 32.0 Å². The minimum Gasteiger partial charge on any atom is -0.385 e. The Kier molecular flexibility index (Phi) is 6.08. The van der Waals surface area contributed by atoms with Crippen LogP contribution >= 0.6 is 0 Å². The lowest BCUT2D eigenvalue weighted by molar-refractivity contribution is -0.137. The summed E-state index contributed by atoms with van der Waals surface area (Å²) in [4.78, 5) is 19.7. The van der Waals surface area contributed by atoms with Gasteiger partial charge < -0.3 is 21.3 Å². The lowest BCUT2D eigenvalue weighted by atomic mass is 10.1. The Morgan fingerprint density at radius 2 is 1.94 bits per heavy atom. The highest BCUT2D eigenvalue weighted by Gasteiger charge is 2.35. The van der Waals surface area contributed by atoms with Gasteiger partial charge in [0.15, 0.2) is 0 Å². The fourth-order valence-electron chi connectivity index (χ4n) is 3.65. The Bertz CT molecular complexity index is 1200. The second-order valence-electron chi connectivity index (χ2n) is 7.68. The van der Waals surface area contributed by atoms with Gasteiger partial charge in [-0.3, -0.25) is 4.79 Å². The highest BCUT2D eigenvalue weighted by molar-refractivity contribution is 6.01. The molecule has 7 nitrogen and oxygen atoms in total. The third-order valence-electron chi connectivity index (χ3n) is 5.21. The Labute approximate surface area is 188 Å². The molecule has 1 aliphatic heterocycles. The van der Waals surface area contributed by atoms with E-state index in [9.17, 15) is 18.0 Å².